The van der Waals surface area contributed by atoms with E-state index in [2.05, 4.69) is 10.2 Å². The molecule has 23 heteroatoms. The smallest absolute Gasteiger partial charge is 0.336 e. The van der Waals surface area contributed by atoms with Crippen LogP contribution in [-0.4, -0.2) is 132 Å². The molecule has 7 aliphatic heterocycles. The van der Waals surface area contributed by atoms with Crippen molar-refractivity contribution in [1.82, 2.24) is 15.1 Å². The zero-order chi connectivity index (χ0) is 61.9. The molecule has 1 spiro atoms. The Balaban J connectivity index is 0.923. The summed E-state index contributed by atoms with van der Waals surface area (Å²) in [6.07, 6.45) is -1.09. The van der Waals surface area contributed by atoms with Gasteiger partial charge in [0.25, 0.3) is 0 Å². The van der Waals surface area contributed by atoms with Crippen molar-refractivity contribution < 1.29 is 71.0 Å². The van der Waals surface area contributed by atoms with Crippen molar-refractivity contribution in [1.29, 1.82) is 0 Å². The zero-order valence-electron chi connectivity index (χ0n) is 50.1. The van der Waals surface area contributed by atoms with Crippen LogP contribution in [0.5, 0.6) is 40.2 Å². The quantitative estimate of drug-likeness (QED) is 0.0782. The minimum Gasteiger partial charge on any atom is -0.493 e. The molecule has 7 atom stereocenters. The van der Waals surface area contributed by atoms with E-state index in [9.17, 15) is 29.1 Å². The second-order valence-electron chi connectivity index (χ2n) is 23.5. The summed E-state index contributed by atoms with van der Waals surface area (Å²) < 4.78 is 61.4. The van der Waals surface area contributed by atoms with Crippen LogP contribution in [0.15, 0.2) is 85.2 Å². The molecule has 7 aliphatic rings. The molecule has 22 nitrogen and oxygen atoms in total. The maximum Gasteiger partial charge on any atom is 0.336 e. The summed E-state index contributed by atoms with van der Waals surface area (Å²) in [5, 5.41) is 17.1. The van der Waals surface area contributed by atoms with E-state index in [1.54, 1.807) is 43.3 Å². The van der Waals surface area contributed by atoms with Gasteiger partial charge in [0, 0.05) is 122 Å². The Morgan fingerprint density at radius 3 is 2.01 bits per heavy atom. The van der Waals surface area contributed by atoms with E-state index in [4.69, 9.17) is 46.7 Å². The number of aliphatic hydroxyl groups excluding tert-OH is 1. The first kappa shape index (κ1) is 58.4. The van der Waals surface area contributed by atoms with Crippen LogP contribution >= 0.6 is 11.8 Å². The third-order valence-electron chi connectivity index (χ3n) is 18.0. The molecule has 5 aromatic carbocycles. The number of rotatable bonds is 11. The molecule has 0 saturated carbocycles. The predicted molar refractivity (Wildman–Crippen MR) is 324 cm³/mol. The average Bonchev–Trinajstić information content (AvgIpc) is 0.942. The molecule has 0 amide bonds. The van der Waals surface area contributed by atoms with Gasteiger partial charge in [0.15, 0.2) is 40.0 Å². The van der Waals surface area contributed by atoms with E-state index >= 15 is 4.79 Å². The van der Waals surface area contributed by atoms with Gasteiger partial charge in [-0.05, 0) is 104 Å². The number of aliphatic hydroxyl groups is 1. The number of hydrogen-bond donors (Lipinski definition) is 2. The molecule has 9 heterocycles. The fourth-order valence-corrected chi connectivity index (χ4v) is 15.7. The molecule has 458 valence electrons. The summed E-state index contributed by atoms with van der Waals surface area (Å²) >= 11 is 1.38. The minimum atomic E-state index is -1.59. The number of benzene rings is 5. The van der Waals surface area contributed by atoms with Crippen molar-refractivity contribution in [2.45, 2.75) is 87.6 Å². The summed E-state index contributed by atoms with van der Waals surface area (Å²) in [7, 11) is 12.3. The highest BCUT2D eigenvalue weighted by Crippen LogP contribution is 2.65. The number of fused-ring (bicyclic) bond motifs is 11. The molecule has 2 fully saturated rings. The van der Waals surface area contributed by atoms with Gasteiger partial charge in [-0.15, -0.1) is 11.8 Å². The number of hydrogen-bond acceptors (Lipinski definition) is 23. The number of nitrogens with zero attached hydrogens (tertiary/aromatic N) is 4. The molecule has 2 N–H and O–H groups in total. The Bertz CT molecular complexity index is 4240. The van der Waals surface area contributed by atoms with Crippen LogP contribution in [0.3, 0.4) is 0 Å². The SMILES string of the molecule is COc1cc2c(cc1OC(=O)Cc1cc(=O)oc3cc(N(C)C)ccc13)CCN[C@]21CS[C@@H]2c3c(OC(C)=O)c(C)c4c(c3[C@H](COC1=O)N1C2[C@H]2c3c(cc(C)c(OC)c3OC(=O)Cc3cc(=O)oc5cc(N(C)C)ccc35)C[C@@H]([C@@H]1O)N2C)OCO4. The number of carbonyl (C=O) groups excluding carboxylic acids is 4. The van der Waals surface area contributed by atoms with Gasteiger partial charge in [0.05, 0.1) is 50.4 Å². The fraction of sp³-hybridized carbons (Fsp3) is 0.385. The van der Waals surface area contributed by atoms with Crippen LogP contribution in [-0.2, 0) is 55.1 Å². The largest absolute Gasteiger partial charge is 0.493 e. The standard InChI is InChI=1S/C65H65N5O17S/c1-30-17-36-18-42-63(76)70-43-27-80-64(77)65(41-26-46(78-9)47(19-33(41)15-16-66-65)86-50(74)22-34-20-48(72)84-44-24-37(67(4)5)11-13-39(34)44)28-88-62(54-53(43)60-59(81-29-82-60)31(2)58(54)83-32(3)71)56(70)55(69(42)8)52(36)61(57(30)79-10)87-51(75)23-35-21-49(73)85-45-25-38(68(6)7)12-14-40(35)45/h11-14,17,19-21,24-26,42-43,55-56,62-63,66,76H,15-16,18,22-23,27-29H2,1-10H3/t42-,43-,55+,56?,62+,63-,65+/m0/s1. The molecular formula is C65H65N5O17S. The summed E-state index contributed by atoms with van der Waals surface area (Å²) in [6.45, 7) is 4.76. The molecule has 2 saturated heterocycles. The topological polar surface area (TPSA) is 248 Å². The van der Waals surface area contributed by atoms with Gasteiger partial charge in [0.2, 0.25) is 6.79 Å². The van der Waals surface area contributed by atoms with Gasteiger partial charge in [0.1, 0.15) is 29.8 Å². The van der Waals surface area contributed by atoms with Crippen LogP contribution in [0.2, 0.25) is 0 Å². The van der Waals surface area contributed by atoms with E-state index in [1.165, 1.54) is 45.0 Å². The highest BCUT2D eigenvalue weighted by Gasteiger charge is 2.62. The lowest BCUT2D eigenvalue weighted by atomic mass is 9.73. The Morgan fingerprint density at radius 1 is 0.739 bits per heavy atom. The summed E-state index contributed by atoms with van der Waals surface area (Å²) in [5.74, 6) is -0.962. The van der Waals surface area contributed by atoms with Gasteiger partial charge in [-0.1, -0.05) is 6.07 Å². The molecule has 88 heavy (non-hydrogen) atoms. The number of likely N-dealkylation sites (N-methyl/N-ethyl adjacent to an activating group) is 1. The van der Waals surface area contributed by atoms with E-state index in [0.717, 1.165) is 16.9 Å². The number of piperazine rings is 1. The molecule has 7 aromatic rings. The van der Waals surface area contributed by atoms with E-state index < -0.39 is 76.3 Å². The first-order chi connectivity index (χ1) is 42.2. The van der Waals surface area contributed by atoms with Gasteiger partial charge >= 0.3 is 35.1 Å². The van der Waals surface area contributed by atoms with Crippen molar-refractivity contribution in [2.75, 3.05) is 85.0 Å². The highest BCUT2D eigenvalue weighted by atomic mass is 32.2. The number of esters is 4. The van der Waals surface area contributed by atoms with Crippen LogP contribution in [0, 0.1) is 13.8 Å². The Hall–Kier alpha value is -8.61. The average molecular weight is 1220 g/mol. The number of ether oxygens (including phenoxy) is 8. The van der Waals surface area contributed by atoms with Gasteiger partial charge in [-0.2, -0.15) is 0 Å². The van der Waals surface area contributed by atoms with E-state index in [-0.39, 0.29) is 61.5 Å². The molecule has 2 aromatic heterocycles. The molecule has 0 radical (unpaired) electrons. The third-order valence-corrected chi connectivity index (χ3v) is 19.5. The number of aryl methyl sites for hydroxylation is 1. The van der Waals surface area contributed by atoms with E-state index in [0.29, 0.717) is 102 Å². The van der Waals surface area contributed by atoms with Gasteiger partial charge < -0.3 is 61.6 Å². The first-order valence-electron chi connectivity index (χ1n) is 28.8. The lowest BCUT2D eigenvalue weighted by Crippen LogP contribution is -2.70. The number of nitrogens with one attached hydrogen (secondary N) is 1. The fourth-order valence-electron chi connectivity index (χ4n) is 14.0. The third kappa shape index (κ3) is 9.56. The molecule has 0 aliphatic carbocycles. The maximum atomic E-state index is 15.5. The lowest BCUT2D eigenvalue weighted by Gasteiger charge is -2.62. The number of anilines is 2. The van der Waals surface area contributed by atoms with Crippen LogP contribution in [0.1, 0.15) is 79.9 Å². The Labute approximate surface area is 509 Å². The summed E-state index contributed by atoms with van der Waals surface area (Å²) in [5.41, 5.74) is 5.05. The zero-order valence-corrected chi connectivity index (χ0v) is 51.0. The van der Waals surface area contributed by atoms with Crippen molar-refractivity contribution in [3.63, 3.8) is 0 Å². The lowest BCUT2D eigenvalue weighted by molar-refractivity contribution is -0.186. The minimum absolute atomic E-state index is 0.0244. The number of methoxy groups -OCH3 is 2. The maximum absolute atomic E-state index is 15.5. The van der Waals surface area contributed by atoms with Crippen molar-refractivity contribution >= 4 is 69.0 Å². The van der Waals surface area contributed by atoms with Gasteiger partial charge in [-0.25, -0.2) is 14.4 Å². The predicted octanol–water partition coefficient (Wildman–Crippen LogP) is 6.64. The van der Waals surface area contributed by atoms with Crippen LogP contribution in [0.25, 0.3) is 21.9 Å². The molecule has 4 bridgehead atoms. The molecule has 1 unspecified atom stereocenters. The van der Waals surface area contributed by atoms with Crippen molar-refractivity contribution in [2.24, 2.45) is 0 Å². The second kappa shape index (κ2) is 22.2. The van der Waals surface area contributed by atoms with Crippen molar-refractivity contribution in [3.8, 4) is 40.2 Å². The summed E-state index contributed by atoms with van der Waals surface area (Å²) in [4.78, 5) is 91.4. The Kier molecular flexibility index (Phi) is 14.7. The Morgan fingerprint density at radius 2 is 1.39 bits per heavy atom. The first-order valence-corrected chi connectivity index (χ1v) is 29.9. The monoisotopic (exact) mass is 1220 g/mol. The number of thioether (sulfide) groups is 1. The van der Waals surface area contributed by atoms with Crippen LogP contribution in [0.4, 0.5) is 11.4 Å². The normalized spacial score (nSPS) is 22.5. The van der Waals surface area contributed by atoms with Gasteiger partial charge in [-0.3, -0.25) is 29.5 Å². The second-order valence-corrected chi connectivity index (χ2v) is 24.7. The number of carbonyl (C=O) groups is 4. The highest BCUT2D eigenvalue weighted by molar-refractivity contribution is 7.99. The summed E-state index contributed by atoms with van der Waals surface area (Å²) in [6, 6.07) is 15.7. The molecule has 14 rings (SSSR count). The van der Waals surface area contributed by atoms with Crippen LogP contribution < -0.4 is 59.5 Å². The molecular weight excluding hydrogens is 1150 g/mol. The van der Waals surface area contributed by atoms with E-state index in [1.807, 2.05) is 75.1 Å². The van der Waals surface area contributed by atoms with Crippen molar-refractivity contribution in [3.05, 3.63) is 143 Å².